The molecule has 0 radical (unpaired) electrons. The third-order valence-electron chi connectivity index (χ3n) is 5.73. The third-order valence-corrected chi connectivity index (χ3v) is 6.34. The smallest absolute Gasteiger partial charge is 0.424 e. The van der Waals surface area contributed by atoms with Gasteiger partial charge >= 0.3 is 6.18 Å². The Bertz CT molecular complexity index is 1410. The van der Waals surface area contributed by atoms with E-state index in [1.54, 1.807) is 0 Å². The summed E-state index contributed by atoms with van der Waals surface area (Å²) in [6.45, 7) is -1.62. The van der Waals surface area contributed by atoms with E-state index in [1.807, 2.05) is 0 Å². The lowest BCUT2D eigenvalue weighted by Crippen LogP contribution is -2.51. The van der Waals surface area contributed by atoms with Gasteiger partial charge in [-0.3, -0.25) is 9.59 Å². The Morgan fingerprint density at radius 1 is 1.00 bits per heavy atom. The molecule has 3 N–H and O–H groups in total. The number of hydrogen-bond acceptors (Lipinski definition) is 7. The molecule has 214 valence electrons. The maximum atomic E-state index is 14.2. The fraction of sp³-hybridized carbons (Fsp3) is 0.269. The SMILES string of the molecule is CNC(=O)COc1ccc(C(=O)NCC(O)(c2ccc(OC)c(-c3ccc(F)c(Br)c3)n2)C(F)(F)F)cc1OC. The molecule has 1 heterocycles. The zero-order valence-corrected chi connectivity index (χ0v) is 22.9. The van der Waals surface area contributed by atoms with E-state index in [2.05, 4.69) is 31.5 Å². The summed E-state index contributed by atoms with van der Waals surface area (Å²) in [6.07, 6.45) is -5.27. The Kier molecular flexibility index (Phi) is 9.58. The Labute approximate surface area is 234 Å². The van der Waals surface area contributed by atoms with Crippen molar-refractivity contribution in [3.63, 3.8) is 0 Å². The van der Waals surface area contributed by atoms with Gasteiger partial charge in [-0.15, -0.1) is 0 Å². The van der Waals surface area contributed by atoms with Crippen molar-refractivity contribution in [1.82, 2.24) is 15.6 Å². The van der Waals surface area contributed by atoms with E-state index in [0.717, 1.165) is 12.1 Å². The highest BCUT2D eigenvalue weighted by molar-refractivity contribution is 9.10. The number of benzene rings is 2. The van der Waals surface area contributed by atoms with Gasteiger partial charge in [0.05, 0.1) is 30.9 Å². The van der Waals surface area contributed by atoms with Crippen LogP contribution in [0.3, 0.4) is 0 Å². The van der Waals surface area contributed by atoms with E-state index in [0.29, 0.717) is 0 Å². The van der Waals surface area contributed by atoms with Crippen LogP contribution >= 0.6 is 15.9 Å². The van der Waals surface area contributed by atoms with Gasteiger partial charge in [0.15, 0.2) is 18.1 Å². The topological polar surface area (TPSA) is 119 Å². The number of carbonyl (C=O) groups is 2. The van der Waals surface area contributed by atoms with E-state index in [9.17, 15) is 32.3 Å². The Balaban J connectivity index is 1.91. The van der Waals surface area contributed by atoms with Crippen molar-refractivity contribution in [2.45, 2.75) is 11.8 Å². The van der Waals surface area contributed by atoms with Gasteiger partial charge in [-0.2, -0.15) is 13.2 Å². The molecule has 3 aromatic rings. The first-order chi connectivity index (χ1) is 18.8. The molecular formula is C26H24BrF4N3O6. The van der Waals surface area contributed by atoms with E-state index in [1.165, 1.54) is 57.7 Å². The molecule has 40 heavy (non-hydrogen) atoms. The van der Waals surface area contributed by atoms with Gasteiger partial charge in [0.2, 0.25) is 5.60 Å². The molecule has 14 heteroatoms. The van der Waals surface area contributed by atoms with Crippen molar-refractivity contribution < 1.29 is 46.5 Å². The van der Waals surface area contributed by atoms with Gasteiger partial charge in [0, 0.05) is 18.2 Å². The molecule has 0 fully saturated rings. The number of amides is 2. The van der Waals surface area contributed by atoms with Gasteiger partial charge in [-0.1, -0.05) is 0 Å². The highest BCUT2D eigenvalue weighted by Crippen LogP contribution is 2.40. The summed E-state index contributed by atoms with van der Waals surface area (Å²) in [4.78, 5) is 28.2. The van der Waals surface area contributed by atoms with Crippen molar-refractivity contribution in [3.05, 3.63) is 70.1 Å². The van der Waals surface area contributed by atoms with Crippen molar-refractivity contribution in [2.75, 3.05) is 34.4 Å². The fourth-order valence-corrected chi connectivity index (χ4v) is 3.86. The highest BCUT2D eigenvalue weighted by Gasteiger charge is 2.56. The number of methoxy groups -OCH3 is 2. The molecule has 9 nitrogen and oxygen atoms in total. The number of halogens is 5. The Morgan fingerprint density at radius 2 is 1.68 bits per heavy atom. The fourth-order valence-electron chi connectivity index (χ4n) is 3.48. The summed E-state index contributed by atoms with van der Waals surface area (Å²) >= 11 is 3.02. The number of pyridine rings is 1. The minimum absolute atomic E-state index is 0.0399. The Morgan fingerprint density at radius 3 is 2.27 bits per heavy atom. The van der Waals surface area contributed by atoms with Gasteiger partial charge in [0.25, 0.3) is 11.8 Å². The summed E-state index contributed by atoms with van der Waals surface area (Å²) < 4.78 is 72.1. The zero-order valence-electron chi connectivity index (χ0n) is 21.4. The largest absolute Gasteiger partial charge is 0.494 e. The Hall–Kier alpha value is -3.91. The molecule has 1 aromatic heterocycles. The van der Waals surface area contributed by atoms with E-state index in [-0.39, 0.29) is 45.1 Å². The van der Waals surface area contributed by atoms with Crippen LogP contribution < -0.4 is 24.8 Å². The van der Waals surface area contributed by atoms with E-state index < -0.39 is 41.6 Å². The summed E-state index contributed by atoms with van der Waals surface area (Å²) in [5.74, 6) is -1.74. The molecule has 0 saturated carbocycles. The molecule has 1 unspecified atom stereocenters. The number of aliphatic hydroxyl groups is 1. The van der Waals surface area contributed by atoms with Crippen LogP contribution in [0, 0.1) is 5.82 Å². The maximum Gasteiger partial charge on any atom is 0.424 e. The zero-order chi connectivity index (χ0) is 29.7. The molecule has 0 spiro atoms. The van der Waals surface area contributed by atoms with Gasteiger partial charge in [0.1, 0.15) is 17.3 Å². The first kappa shape index (κ1) is 30.6. The molecule has 0 saturated heterocycles. The summed E-state index contributed by atoms with van der Waals surface area (Å²) in [6, 6.07) is 9.54. The summed E-state index contributed by atoms with van der Waals surface area (Å²) in [5.41, 5.74) is -4.42. The monoisotopic (exact) mass is 629 g/mol. The summed E-state index contributed by atoms with van der Waals surface area (Å²) in [7, 11) is 3.97. The first-order valence-corrected chi connectivity index (χ1v) is 12.2. The second-order valence-electron chi connectivity index (χ2n) is 8.24. The van der Waals surface area contributed by atoms with E-state index in [4.69, 9.17) is 14.2 Å². The molecule has 0 aliphatic rings. The van der Waals surface area contributed by atoms with Crippen LogP contribution in [0.5, 0.6) is 17.2 Å². The van der Waals surface area contributed by atoms with Crippen molar-refractivity contribution in [3.8, 4) is 28.5 Å². The number of nitrogens with one attached hydrogen (secondary N) is 2. The lowest BCUT2D eigenvalue weighted by molar-refractivity contribution is -0.265. The average Bonchev–Trinajstić information content (AvgIpc) is 2.94. The molecule has 0 bridgehead atoms. The quantitative estimate of drug-likeness (QED) is 0.290. The minimum Gasteiger partial charge on any atom is -0.494 e. The van der Waals surface area contributed by atoms with Crippen LogP contribution in [0.4, 0.5) is 17.6 Å². The first-order valence-electron chi connectivity index (χ1n) is 11.4. The highest BCUT2D eigenvalue weighted by atomic mass is 79.9. The van der Waals surface area contributed by atoms with Gasteiger partial charge in [-0.25, -0.2) is 9.37 Å². The van der Waals surface area contributed by atoms with Crippen LogP contribution in [0.1, 0.15) is 16.1 Å². The second-order valence-corrected chi connectivity index (χ2v) is 9.10. The van der Waals surface area contributed by atoms with Crippen molar-refractivity contribution in [1.29, 1.82) is 0 Å². The van der Waals surface area contributed by atoms with Crippen molar-refractivity contribution in [2.24, 2.45) is 0 Å². The molecule has 0 aliphatic heterocycles. The lowest BCUT2D eigenvalue weighted by atomic mass is 9.96. The van der Waals surface area contributed by atoms with Crippen LogP contribution in [0.15, 0.2) is 53.0 Å². The maximum absolute atomic E-state index is 14.2. The average molecular weight is 630 g/mol. The normalized spacial score (nSPS) is 12.7. The van der Waals surface area contributed by atoms with Gasteiger partial charge < -0.3 is 30.0 Å². The second kappa shape index (κ2) is 12.5. The van der Waals surface area contributed by atoms with Crippen LogP contribution in [0.2, 0.25) is 0 Å². The van der Waals surface area contributed by atoms with Gasteiger partial charge in [-0.05, 0) is 64.5 Å². The molecule has 0 aliphatic carbocycles. The number of ether oxygens (including phenoxy) is 3. The summed E-state index contributed by atoms with van der Waals surface area (Å²) in [5, 5.41) is 15.3. The number of hydrogen-bond donors (Lipinski definition) is 3. The number of likely N-dealkylation sites (N-methyl/N-ethyl adjacent to an activating group) is 1. The van der Waals surface area contributed by atoms with E-state index >= 15 is 0 Å². The number of rotatable bonds is 10. The standard InChI is InChI=1S/C26H24BrF4N3O6/c1-32-22(35)12-40-18-7-5-15(11-20(18)39-3)24(36)33-13-25(37,26(29,30)31)21-9-8-19(38-2)23(34-21)14-4-6-17(28)16(27)10-14/h4-11,37H,12-13H2,1-3H3,(H,32,35)(H,33,36). The molecule has 2 amide bonds. The molecular weight excluding hydrogens is 606 g/mol. The molecule has 2 aromatic carbocycles. The molecule has 1 atom stereocenters. The molecule has 3 rings (SSSR count). The number of alkyl halides is 3. The number of nitrogens with zero attached hydrogens (tertiary/aromatic N) is 1. The lowest BCUT2D eigenvalue weighted by Gasteiger charge is -2.30. The van der Waals surface area contributed by atoms with Crippen LogP contribution in [0.25, 0.3) is 11.3 Å². The minimum atomic E-state index is -5.27. The van der Waals surface area contributed by atoms with Crippen LogP contribution in [-0.2, 0) is 10.4 Å². The van der Waals surface area contributed by atoms with Crippen LogP contribution in [-0.4, -0.2) is 62.5 Å². The van der Waals surface area contributed by atoms with Crippen molar-refractivity contribution >= 4 is 27.7 Å². The predicted molar refractivity (Wildman–Crippen MR) is 139 cm³/mol. The number of carbonyl (C=O) groups excluding carboxylic acids is 2. The number of aromatic nitrogens is 1. The third kappa shape index (κ3) is 6.62. The predicted octanol–water partition coefficient (Wildman–Crippen LogP) is 3.97.